The van der Waals surface area contributed by atoms with Crippen LogP contribution in [0.4, 0.5) is 5.69 Å². The van der Waals surface area contributed by atoms with Gasteiger partial charge in [0.05, 0.1) is 18.0 Å². The normalized spacial score (nSPS) is 20.7. The molecule has 6 heteroatoms. The molecule has 108 valence electrons. The van der Waals surface area contributed by atoms with E-state index in [0.29, 0.717) is 24.8 Å². The highest BCUT2D eigenvalue weighted by Crippen LogP contribution is 2.23. The van der Waals surface area contributed by atoms with Gasteiger partial charge in [-0.05, 0) is 37.3 Å². The van der Waals surface area contributed by atoms with E-state index in [1.54, 1.807) is 24.5 Å². The van der Waals surface area contributed by atoms with Crippen LogP contribution in [0.5, 0.6) is 5.75 Å². The van der Waals surface area contributed by atoms with Crippen molar-refractivity contribution >= 4 is 11.6 Å². The summed E-state index contributed by atoms with van der Waals surface area (Å²) < 4.78 is 11.4. The van der Waals surface area contributed by atoms with Crippen molar-refractivity contribution in [3.63, 3.8) is 0 Å². The lowest BCUT2D eigenvalue weighted by Gasteiger charge is -2.18. The molecule has 1 aliphatic rings. The molecule has 0 radical (unpaired) electrons. The van der Waals surface area contributed by atoms with E-state index >= 15 is 0 Å². The highest BCUT2D eigenvalue weighted by Gasteiger charge is 2.33. The SMILES string of the molecule is CC1(COc2ccc(N)cc2)COC(c2ccnnc2)=N1. The molecule has 2 heterocycles. The molecule has 3 rings (SSSR count). The zero-order chi connectivity index (χ0) is 14.7. The monoisotopic (exact) mass is 284 g/mol. The summed E-state index contributed by atoms with van der Waals surface area (Å²) in [5.41, 5.74) is 6.76. The van der Waals surface area contributed by atoms with Crippen molar-refractivity contribution in [2.45, 2.75) is 12.5 Å². The number of hydrogen-bond donors (Lipinski definition) is 1. The van der Waals surface area contributed by atoms with E-state index in [2.05, 4.69) is 15.2 Å². The number of anilines is 1. The smallest absolute Gasteiger partial charge is 0.218 e. The molecule has 1 aromatic heterocycles. The molecule has 2 aromatic rings. The third-order valence-electron chi connectivity index (χ3n) is 3.15. The zero-order valence-corrected chi connectivity index (χ0v) is 11.7. The minimum atomic E-state index is -0.417. The molecular formula is C15H16N4O2. The van der Waals surface area contributed by atoms with Crippen LogP contribution in [0.25, 0.3) is 0 Å². The van der Waals surface area contributed by atoms with E-state index in [-0.39, 0.29) is 0 Å². The summed E-state index contributed by atoms with van der Waals surface area (Å²) in [5, 5.41) is 7.57. The molecule has 0 spiro atoms. The van der Waals surface area contributed by atoms with Crippen molar-refractivity contribution in [2.75, 3.05) is 18.9 Å². The Balaban J connectivity index is 1.68. The van der Waals surface area contributed by atoms with Gasteiger partial charge in [-0.3, -0.25) is 0 Å². The predicted molar refractivity (Wildman–Crippen MR) is 79.3 cm³/mol. The average molecular weight is 284 g/mol. The largest absolute Gasteiger partial charge is 0.491 e. The number of benzene rings is 1. The molecule has 2 N–H and O–H groups in total. The summed E-state index contributed by atoms with van der Waals surface area (Å²) in [4.78, 5) is 4.60. The first-order valence-electron chi connectivity index (χ1n) is 6.63. The van der Waals surface area contributed by atoms with Gasteiger partial charge < -0.3 is 15.2 Å². The fourth-order valence-corrected chi connectivity index (χ4v) is 1.98. The molecule has 6 nitrogen and oxygen atoms in total. The average Bonchev–Trinajstić information content (AvgIpc) is 2.91. The van der Waals surface area contributed by atoms with Crippen LogP contribution in [-0.4, -0.2) is 34.8 Å². The molecule has 0 bridgehead atoms. The Hall–Kier alpha value is -2.63. The van der Waals surface area contributed by atoms with Crippen molar-refractivity contribution in [3.05, 3.63) is 48.3 Å². The van der Waals surface area contributed by atoms with Crippen LogP contribution < -0.4 is 10.5 Å². The first-order chi connectivity index (χ1) is 10.1. The molecule has 1 atom stereocenters. The fraction of sp³-hybridized carbons (Fsp3) is 0.267. The summed E-state index contributed by atoms with van der Waals surface area (Å²) in [6, 6.07) is 9.11. The van der Waals surface area contributed by atoms with Crippen molar-refractivity contribution in [2.24, 2.45) is 4.99 Å². The lowest BCUT2D eigenvalue weighted by molar-refractivity contribution is 0.185. The maximum Gasteiger partial charge on any atom is 0.218 e. The number of aliphatic imine (C=N–C) groups is 1. The molecule has 0 fully saturated rings. The van der Waals surface area contributed by atoms with E-state index in [9.17, 15) is 0 Å². The molecule has 1 unspecified atom stereocenters. The van der Waals surface area contributed by atoms with Crippen LogP contribution >= 0.6 is 0 Å². The van der Waals surface area contributed by atoms with Crippen LogP contribution in [0, 0.1) is 0 Å². The van der Waals surface area contributed by atoms with Gasteiger partial charge in [-0.1, -0.05) is 0 Å². The number of nitrogen functional groups attached to an aromatic ring is 1. The molecule has 0 saturated carbocycles. The van der Waals surface area contributed by atoms with E-state index in [4.69, 9.17) is 15.2 Å². The van der Waals surface area contributed by atoms with Gasteiger partial charge in [0.1, 0.15) is 24.5 Å². The van der Waals surface area contributed by atoms with E-state index in [1.807, 2.05) is 25.1 Å². The van der Waals surface area contributed by atoms with Gasteiger partial charge in [0.2, 0.25) is 5.90 Å². The predicted octanol–water partition coefficient (Wildman–Crippen LogP) is 1.67. The summed E-state index contributed by atoms with van der Waals surface area (Å²) in [5.74, 6) is 1.34. The van der Waals surface area contributed by atoms with Gasteiger partial charge in [-0.15, -0.1) is 0 Å². The van der Waals surface area contributed by atoms with E-state index in [1.165, 1.54) is 0 Å². The number of aromatic nitrogens is 2. The Morgan fingerprint density at radius 3 is 2.76 bits per heavy atom. The first-order valence-corrected chi connectivity index (χ1v) is 6.63. The molecule has 21 heavy (non-hydrogen) atoms. The van der Waals surface area contributed by atoms with Crippen LogP contribution in [0.2, 0.25) is 0 Å². The Bertz CT molecular complexity index is 642. The van der Waals surface area contributed by atoms with Crippen molar-refractivity contribution in [3.8, 4) is 5.75 Å². The first kappa shape index (κ1) is 13.4. The number of rotatable bonds is 4. The minimum Gasteiger partial charge on any atom is -0.491 e. The number of nitrogens with zero attached hydrogens (tertiary/aromatic N) is 3. The summed E-state index contributed by atoms with van der Waals surface area (Å²) in [7, 11) is 0. The van der Waals surface area contributed by atoms with Gasteiger partial charge >= 0.3 is 0 Å². The maximum atomic E-state index is 5.76. The standard InChI is InChI=1S/C15H16N4O2/c1-15(9-20-13-4-2-12(16)3-5-13)10-21-14(19-15)11-6-7-17-18-8-11/h2-8H,9-10,16H2,1H3. The second-order valence-electron chi connectivity index (χ2n) is 5.19. The topological polar surface area (TPSA) is 82.6 Å². The van der Waals surface area contributed by atoms with Gasteiger partial charge in [-0.2, -0.15) is 10.2 Å². The number of hydrogen-bond acceptors (Lipinski definition) is 6. The Morgan fingerprint density at radius 2 is 2.05 bits per heavy atom. The number of ether oxygens (including phenoxy) is 2. The minimum absolute atomic E-state index is 0.417. The van der Waals surface area contributed by atoms with Gasteiger partial charge in [0, 0.05) is 5.69 Å². The summed E-state index contributed by atoms with van der Waals surface area (Å²) in [6.07, 6.45) is 3.24. The third-order valence-corrected chi connectivity index (χ3v) is 3.15. The molecule has 0 saturated heterocycles. The summed E-state index contributed by atoms with van der Waals surface area (Å²) >= 11 is 0. The van der Waals surface area contributed by atoms with Gasteiger partial charge in [0.15, 0.2) is 0 Å². The third kappa shape index (κ3) is 3.10. The Labute approximate surface area is 122 Å². The zero-order valence-electron chi connectivity index (χ0n) is 11.7. The van der Waals surface area contributed by atoms with Crippen molar-refractivity contribution < 1.29 is 9.47 Å². The fourth-order valence-electron chi connectivity index (χ4n) is 1.98. The second-order valence-corrected chi connectivity index (χ2v) is 5.19. The van der Waals surface area contributed by atoms with Crippen molar-refractivity contribution in [1.29, 1.82) is 0 Å². The molecule has 1 aromatic carbocycles. The molecular weight excluding hydrogens is 268 g/mol. The van der Waals surface area contributed by atoms with Crippen LogP contribution in [0.3, 0.4) is 0 Å². The summed E-state index contributed by atoms with van der Waals surface area (Å²) in [6.45, 7) is 2.89. The van der Waals surface area contributed by atoms with Crippen LogP contribution in [0.15, 0.2) is 47.7 Å². The van der Waals surface area contributed by atoms with Crippen LogP contribution in [0.1, 0.15) is 12.5 Å². The highest BCUT2D eigenvalue weighted by atomic mass is 16.5. The van der Waals surface area contributed by atoms with Gasteiger partial charge in [-0.25, -0.2) is 4.99 Å². The quantitative estimate of drug-likeness (QED) is 0.864. The van der Waals surface area contributed by atoms with Gasteiger partial charge in [0.25, 0.3) is 0 Å². The Morgan fingerprint density at radius 1 is 1.24 bits per heavy atom. The lowest BCUT2D eigenvalue weighted by Crippen LogP contribution is -2.31. The number of nitrogens with two attached hydrogens (primary N) is 1. The molecule has 0 aliphatic carbocycles. The maximum absolute atomic E-state index is 5.76. The molecule has 1 aliphatic heterocycles. The lowest BCUT2D eigenvalue weighted by atomic mass is 10.1. The van der Waals surface area contributed by atoms with Crippen molar-refractivity contribution in [1.82, 2.24) is 10.2 Å². The van der Waals surface area contributed by atoms with Crippen LogP contribution in [-0.2, 0) is 4.74 Å². The van der Waals surface area contributed by atoms with E-state index < -0.39 is 5.54 Å². The van der Waals surface area contributed by atoms with E-state index in [0.717, 1.165) is 11.3 Å². The Kier molecular flexibility index (Phi) is 3.43. The second kappa shape index (κ2) is 5.40. The highest BCUT2D eigenvalue weighted by molar-refractivity contribution is 5.95. The molecule has 0 amide bonds.